The Kier molecular flexibility index (Phi) is 6.04. The number of pyridine rings is 1. The highest BCUT2D eigenvalue weighted by molar-refractivity contribution is 6.33. The maximum atomic E-state index is 11.7. The maximum absolute atomic E-state index is 11.7. The van der Waals surface area contributed by atoms with Gasteiger partial charge in [-0.05, 0) is 0 Å². The molecule has 0 aliphatic rings. The lowest BCUT2D eigenvalue weighted by molar-refractivity contribution is -0.385. The summed E-state index contributed by atoms with van der Waals surface area (Å²) in [5, 5.41) is 20.4. The first-order valence-electron chi connectivity index (χ1n) is 6.84. The molecule has 0 aliphatic carbocycles. The van der Waals surface area contributed by atoms with Crippen LogP contribution in [0.25, 0.3) is 0 Å². The van der Waals surface area contributed by atoms with E-state index in [2.05, 4.69) is 20.7 Å². The molecule has 0 saturated carbocycles. The summed E-state index contributed by atoms with van der Waals surface area (Å²) in [6, 6.07) is 1.20. The Morgan fingerprint density at radius 1 is 1.50 bits per heavy atom. The van der Waals surface area contributed by atoms with Crippen LogP contribution in [0.1, 0.15) is 0 Å². The van der Waals surface area contributed by atoms with Crippen LogP contribution in [0, 0.1) is 10.1 Å². The number of aromatic nitrogens is 3. The molecule has 0 radical (unpaired) electrons. The van der Waals surface area contributed by atoms with Crippen molar-refractivity contribution in [2.75, 3.05) is 25.6 Å². The summed E-state index contributed by atoms with van der Waals surface area (Å²) in [5.41, 5.74) is 0.344. The lowest BCUT2D eigenvalue weighted by Gasteiger charge is -2.05. The summed E-state index contributed by atoms with van der Waals surface area (Å²) in [6.07, 6.45) is 4.18. The number of nitrogens with one attached hydrogen (secondary N) is 2. The normalized spacial score (nSPS) is 10.4. The van der Waals surface area contributed by atoms with Crippen LogP contribution < -0.4 is 10.6 Å². The number of carbonyl (C=O) groups excluding carboxylic acids is 1. The van der Waals surface area contributed by atoms with Crippen molar-refractivity contribution in [3.63, 3.8) is 0 Å². The van der Waals surface area contributed by atoms with E-state index < -0.39 is 4.92 Å². The van der Waals surface area contributed by atoms with Gasteiger partial charge in [0.15, 0.2) is 0 Å². The highest BCUT2D eigenvalue weighted by atomic mass is 35.5. The van der Waals surface area contributed by atoms with Crippen molar-refractivity contribution < 1.29 is 14.5 Å². The van der Waals surface area contributed by atoms with E-state index in [4.69, 9.17) is 16.3 Å². The standard InChI is InChI=1S/C13H15ClN6O4/c1-24-3-2-15-12(21)8-19-7-9(5-17-19)18-13-11(14)4-10(6-16-13)20(22)23/h4-7H,2-3,8H2,1H3,(H,15,21)(H,16,18). The van der Waals surface area contributed by atoms with Gasteiger partial charge < -0.3 is 15.4 Å². The van der Waals surface area contributed by atoms with E-state index in [0.29, 0.717) is 18.8 Å². The zero-order valence-corrected chi connectivity index (χ0v) is 13.5. The number of rotatable bonds is 8. The number of ether oxygens (including phenoxy) is 1. The van der Waals surface area contributed by atoms with E-state index in [0.717, 1.165) is 6.20 Å². The van der Waals surface area contributed by atoms with Crippen molar-refractivity contribution >= 4 is 34.7 Å². The molecule has 2 N–H and O–H groups in total. The molecule has 0 unspecified atom stereocenters. The van der Waals surface area contributed by atoms with Gasteiger partial charge in [0.2, 0.25) is 5.91 Å². The van der Waals surface area contributed by atoms with Crippen molar-refractivity contribution in [2.45, 2.75) is 6.54 Å². The average molecular weight is 355 g/mol. The van der Waals surface area contributed by atoms with Crippen LogP contribution in [0.5, 0.6) is 0 Å². The Hall–Kier alpha value is -2.72. The summed E-state index contributed by atoms with van der Waals surface area (Å²) in [5.74, 6) is 0.0551. The van der Waals surface area contributed by atoms with Crippen LogP contribution in [0.2, 0.25) is 5.02 Å². The molecule has 2 aromatic heterocycles. The molecule has 0 fully saturated rings. The second-order valence-electron chi connectivity index (χ2n) is 4.68. The van der Waals surface area contributed by atoms with Gasteiger partial charge in [0.1, 0.15) is 18.6 Å². The Bertz CT molecular complexity index is 735. The minimum Gasteiger partial charge on any atom is -0.383 e. The second kappa shape index (κ2) is 8.22. The number of amides is 1. The van der Waals surface area contributed by atoms with Gasteiger partial charge >= 0.3 is 0 Å². The third kappa shape index (κ3) is 4.89. The van der Waals surface area contributed by atoms with Crippen LogP contribution in [0.3, 0.4) is 0 Å². The summed E-state index contributed by atoms with van der Waals surface area (Å²) >= 11 is 5.95. The number of hydrogen-bond acceptors (Lipinski definition) is 7. The highest BCUT2D eigenvalue weighted by Gasteiger charge is 2.12. The monoisotopic (exact) mass is 354 g/mol. The van der Waals surface area contributed by atoms with Crippen LogP contribution in [-0.2, 0) is 16.1 Å². The molecule has 0 bridgehead atoms. The smallest absolute Gasteiger partial charge is 0.289 e. The molecule has 10 nitrogen and oxygen atoms in total. The molecule has 0 aromatic carbocycles. The second-order valence-corrected chi connectivity index (χ2v) is 5.08. The summed E-state index contributed by atoms with van der Waals surface area (Å²) < 4.78 is 6.27. The predicted octanol–water partition coefficient (Wildman–Crippen LogP) is 1.35. The molecule has 0 aliphatic heterocycles. The van der Waals surface area contributed by atoms with E-state index in [1.165, 1.54) is 16.9 Å². The first kappa shape index (κ1) is 17.6. The van der Waals surface area contributed by atoms with Gasteiger partial charge in [-0.2, -0.15) is 5.10 Å². The zero-order chi connectivity index (χ0) is 17.5. The van der Waals surface area contributed by atoms with Gasteiger partial charge in [-0.1, -0.05) is 11.6 Å². The fourth-order valence-corrected chi connectivity index (χ4v) is 1.97. The molecule has 0 spiro atoms. The predicted molar refractivity (Wildman–Crippen MR) is 86.3 cm³/mol. The van der Waals surface area contributed by atoms with Crippen LogP contribution >= 0.6 is 11.6 Å². The quantitative estimate of drug-likeness (QED) is 0.416. The van der Waals surface area contributed by atoms with Crippen molar-refractivity contribution in [2.24, 2.45) is 0 Å². The Labute approximate surface area is 141 Å². The lowest BCUT2D eigenvalue weighted by atomic mass is 10.4. The first-order chi connectivity index (χ1) is 11.5. The molecular formula is C13H15ClN6O4. The Morgan fingerprint density at radius 2 is 2.29 bits per heavy atom. The number of carbonyl (C=O) groups is 1. The van der Waals surface area contributed by atoms with Gasteiger partial charge in [0, 0.05) is 25.9 Å². The molecule has 0 saturated heterocycles. The minimum atomic E-state index is -0.580. The average Bonchev–Trinajstić information content (AvgIpc) is 2.96. The Morgan fingerprint density at radius 3 is 2.96 bits per heavy atom. The third-order valence-electron chi connectivity index (χ3n) is 2.87. The summed E-state index contributed by atoms with van der Waals surface area (Å²) in [6.45, 7) is 0.902. The van der Waals surface area contributed by atoms with Crippen molar-refractivity contribution in [3.05, 3.63) is 39.8 Å². The number of halogens is 1. The van der Waals surface area contributed by atoms with Crippen LogP contribution in [0.4, 0.5) is 17.2 Å². The molecule has 24 heavy (non-hydrogen) atoms. The van der Waals surface area contributed by atoms with Crippen molar-refractivity contribution in [1.29, 1.82) is 0 Å². The number of nitro groups is 1. The third-order valence-corrected chi connectivity index (χ3v) is 3.16. The first-order valence-corrected chi connectivity index (χ1v) is 7.22. The molecular weight excluding hydrogens is 340 g/mol. The number of methoxy groups -OCH3 is 1. The van der Waals surface area contributed by atoms with Gasteiger partial charge in [-0.15, -0.1) is 0 Å². The molecule has 11 heteroatoms. The van der Waals surface area contributed by atoms with Crippen molar-refractivity contribution in [1.82, 2.24) is 20.1 Å². The zero-order valence-electron chi connectivity index (χ0n) is 12.7. The summed E-state index contributed by atoms with van der Waals surface area (Å²) in [7, 11) is 1.55. The van der Waals surface area contributed by atoms with Crippen molar-refractivity contribution in [3.8, 4) is 0 Å². The SMILES string of the molecule is COCCNC(=O)Cn1cc(Nc2ncc([N+](=O)[O-])cc2Cl)cn1. The van der Waals surface area contributed by atoms with Crippen LogP contribution in [-0.4, -0.2) is 45.9 Å². The van der Waals surface area contributed by atoms with Crippen LogP contribution in [0.15, 0.2) is 24.7 Å². The molecule has 2 rings (SSSR count). The number of anilines is 2. The fourth-order valence-electron chi connectivity index (χ4n) is 1.77. The van der Waals surface area contributed by atoms with Gasteiger partial charge in [0.25, 0.3) is 5.69 Å². The van der Waals surface area contributed by atoms with E-state index in [9.17, 15) is 14.9 Å². The number of nitrogens with zero attached hydrogens (tertiary/aromatic N) is 4. The molecule has 128 valence electrons. The van der Waals surface area contributed by atoms with E-state index >= 15 is 0 Å². The molecule has 2 heterocycles. The molecule has 2 aromatic rings. The largest absolute Gasteiger partial charge is 0.383 e. The van der Waals surface area contributed by atoms with Gasteiger partial charge in [-0.25, -0.2) is 4.98 Å². The van der Waals surface area contributed by atoms with E-state index in [-0.39, 0.29) is 29.0 Å². The topological polar surface area (TPSA) is 124 Å². The fraction of sp³-hybridized carbons (Fsp3) is 0.308. The van der Waals surface area contributed by atoms with Gasteiger partial charge in [0.05, 0.1) is 28.4 Å². The Balaban J connectivity index is 1.96. The lowest BCUT2D eigenvalue weighted by Crippen LogP contribution is -2.30. The van der Waals surface area contributed by atoms with E-state index in [1.807, 2.05) is 0 Å². The minimum absolute atomic E-state index is 0.0484. The highest BCUT2D eigenvalue weighted by Crippen LogP contribution is 2.26. The van der Waals surface area contributed by atoms with Gasteiger partial charge in [-0.3, -0.25) is 19.6 Å². The molecule has 1 amide bonds. The number of hydrogen-bond donors (Lipinski definition) is 2. The summed E-state index contributed by atoms with van der Waals surface area (Å²) in [4.78, 5) is 25.6. The van der Waals surface area contributed by atoms with E-state index in [1.54, 1.807) is 13.3 Å². The maximum Gasteiger partial charge on any atom is 0.289 e. The molecule has 0 atom stereocenters.